The molecule has 2 rings (SSSR count). The largest absolute Gasteiger partial charge is 0.479 e. The average Bonchev–Trinajstić information content (AvgIpc) is 2.94. The Balaban J connectivity index is 2.39. The molecule has 0 amide bonds. The van der Waals surface area contributed by atoms with Crippen LogP contribution in [0.2, 0.25) is 0 Å². The van der Waals surface area contributed by atoms with Gasteiger partial charge in [0.25, 0.3) is 11.4 Å². The second-order valence-corrected chi connectivity index (χ2v) is 4.52. The van der Waals surface area contributed by atoms with Gasteiger partial charge in [-0.2, -0.15) is 0 Å². The number of hydrogen-bond acceptors (Lipinski definition) is 7. The predicted molar refractivity (Wildman–Crippen MR) is 74.2 cm³/mol. The minimum atomic E-state index is -1.65. The first-order chi connectivity index (χ1) is 10.8. The molecule has 0 saturated heterocycles. The van der Waals surface area contributed by atoms with Gasteiger partial charge in [0.05, 0.1) is 27.9 Å². The molecule has 11 heteroatoms. The van der Waals surface area contributed by atoms with Crippen molar-refractivity contribution in [2.45, 2.75) is 12.5 Å². The minimum absolute atomic E-state index is 0.0316. The highest BCUT2D eigenvalue weighted by atomic mass is 16.6. The highest BCUT2D eigenvalue weighted by Crippen LogP contribution is 2.27. The Labute approximate surface area is 127 Å². The lowest BCUT2D eigenvalue weighted by molar-refractivity contribution is -0.394. The lowest BCUT2D eigenvalue weighted by Gasteiger charge is -2.04. The molecule has 1 atom stereocenters. The molecular weight excluding hydrogens is 312 g/mol. The van der Waals surface area contributed by atoms with E-state index >= 15 is 0 Å². The van der Waals surface area contributed by atoms with Gasteiger partial charge < -0.3 is 10.2 Å². The van der Waals surface area contributed by atoms with Gasteiger partial charge in [-0.1, -0.05) is 0 Å². The molecule has 1 unspecified atom stereocenters. The van der Waals surface area contributed by atoms with Crippen LogP contribution in [0.25, 0.3) is 5.69 Å². The molecule has 0 aliphatic carbocycles. The molecule has 120 valence electrons. The van der Waals surface area contributed by atoms with Crippen molar-refractivity contribution in [1.82, 2.24) is 9.55 Å². The Morgan fingerprint density at radius 3 is 2.57 bits per heavy atom. The van der Waals surface area contributed by atoms with Gasteiger partial charge in [0.1, 0.15) is 5.69 Å². The number of non-ortho nitro benzene ring substituents is 1. The third-order valence-electron chi connectivity index (χ3n) is 2.97. The van der Waals surface area contributed by atoms with E-state index in [0.717, 1.165) is 12.1 Å². The van der Waals surface area contributed by atoms with Crippen LogP contribution >= 0.6 is 0 Å². The molecule has 2 aromatic rings. The molecule has 0 fully saturated rings. The number of rotatable bonds is 6. The maximum Gasteiger partial charge on any atom is 0.332 e. The van der Waals surface area contributed by atoms with E-state index in [1.165, 1.54) is 23.2 Å². The zero-order valence-corrected chi connectivity index (χ0v) is 11.4. The van der Waals surface area contributed by atoms with Crippen LogP contribution in [-0.4, -0.2) is 41.7 Å². The number of aliphatic carboxylic acids is 1. The smallest absolute Gasteiger partial charge is 0.332 e. The number of carboxylic acids is 1. The van der Waals surface area contributed by atoms with Crippen molar-refractivity contribution in [2.24, 2.45) is 0 Å². The predicted octanol–water partition coefficient (Wildman–Crippen LogP) is 0.677. The molecule has 0 radical (unpaired) electrons. The Kier molecular flexibility index (Phi) is 4.32. The number of hydrogen-bond donors (Lipinski definition) is 2. The van der Waals surface area contributed by atoms with Crippen molar-refractivity contribution in [1.29, 1.82) is 0 Å². The maximum atomic E-state index is 11.1. The number of aliphatic hydroxyl groups is 1. The van der Waals surface area contributed by atoms with Gasteiger partial charge >= 0.3 is 5.97 Å². The van der Waals surface area contributed by atoms with E-state index in [2.05, 4.69) is 4.98 Å². The van der Waals surface area contributed by atoms with Crippen LogP contribution in [0.3, 0.4) is 0 Å². The van der Waals surface area contributed by atoms with Crippen molar-refractivity contribution in [3.8, 4) is 5.69 Å². The molecule has 0 aliphatic heterocycles. The number of carbonyl (C=O) groups is 1. The van der Waals surface area contributed by atoms with Gasteiger partial charge in [-0.05, 0) is 6.07 Å². The molecule has 2 N–H and O–H groups in total. The number of benzene rings is 1. The summed E-state index contributed by atoms with van der Waals surface area (Å²) in [5.41, 5.74) is -0.694. The summed E-state index contributed by atoms with van der Waals surface area (Å²) in [4.78, 5) is 34.7. The molecule has 0 bridgehead atoms. The summed E-state index contributed by atoms with van der Waals surface area (Å²) >= 11 is 0. The molecule has 11 nitrogen and oxygen atoms in total. The Bertz CT molecular complexity index is 785. The van der Waals surface area contributed by atoms with E-state index in [1.807, 2.05) is 0 Å². The van der Waals surface area contributed by atoms with Crippen LogP contribution < -0.4 is 0 Å². The Hall–Kier alpha value is -3.34. The second-order valence-electron chi connectivity index (χ2n) is 4.52. The van der Waals surface area contributed by atoms with Crippen molar-refractivity contribution >= 4 is 17.3 Å². The topological polar surface area (TPSA) is 162 Å². The van der Waals surface area contributed by atoms with Crippen molar-refractivity contribution in [3.05, 3.63) is 56.6 Å². The highest BCUT2D eigenvalue weighted by molar-refractivity contribution is 5.72. The van der Waals surface area contributed by atoms with E-state index in [9.17, 15) is 30.1 Å². The summed E-state index contributed by atoms with van der Waals surface area (Å²) in [6.07, 6.45) is 0.576. The van der Waals surface area contributed by atoms with E-state index in [4.69, 9.17) is 5.11 Å². The second kappa shape index (κ2) is 6.19. The van der Waals surface area contributed by atoms with Gasteiger partial charge in [-0.3, -0.25) is 24.8 Å². The highest BCUT2D eigenvalue weighted by Gasteiger charge is 2.21. The lowest BCUT2D eigenvalue weighted by Crippen LogP contribution is -2.22. The minimum Gasteiger partial charge on any atom is -0.479 e. The SMILES string of the molecule is O=C(O)C(O)Cc1cn(-c2ccc([N+](=O)[O-])cc2[N+](=O)[O-])cn1. The van der Waals surface area contributed by atoms with E-state index in [0.29, 0.717) is 0 Å². The molecule has 0 spiro atoms. The first kappa shape index (κ1) is 16.0. The number of nitro benzene ring substituents is 2. The van der Waals surface area contributed by atoms with Gasteiger partial charge in [-0.15, -0.1) is 0 Å². The number of aromatic nitrogens is 2. The van der Waals surface area contributed by atoms with Crippen LogP contribution in [0.4, 0.5) is 11.4 Å². The first-order valence-electron chi connectivity index (χ1n) is 6.16. The van der Waals surface area contributed by atoms with E-state index in [1.54, 1.807) is 0 Å². The van der Waals surface area contributed by atoms with Crippen molar-refractivity contribution in [3.63, 3.8) is 0 Å². The Morgan fingerprint density at radius 2 is 2.00 bits per heavy atom. The zero-order chi connectivity index (χ0) is 17.1. The number of imidazole rings is 1. The van der Waals surface area contributed by atoms with Crippen molar-refractivity contribution < 1.29 is 24.9 Å². The number of nitrogens with zero attached hydrogens (tertiary/aromatic N) is 4. The maximum absolute atomic E-state index is 11.1. The summed E-state index contributed by atoms with van der Waals surface area (Å²) in [6.45, 7) is 0. The molecule has 0 saturated carbocycles. The fourth-order valence-electron chi connectivity index (χ4n) is 1.88. The zero-order valence-electron chi connectivity index (χ0n) is 11.4. The molecule has 1 aromatic heterocycles. The van der Waals surface area contributed by atoms with E-state index < -0.39 is 33.3 Å². The lowest BCUT2D eigenvalue weighted by atomic mass is 10.2. The number of nitro groups is 2. The van der Waals surface area contributed by atoms with Gasteiger partial charge in [0.2, 0.25) is 0 Å². The van der Waals surface area contributed by atoms with Crippen LogP contribution in [0.5, 0.6) is 0 Å². The summed E-state index contributed by atoms with van der Waals surface area (Å²) in [6, 6.07) is 3.12. The van der Waals surface area contributed by atoms with E-state index in [-0.39, 0.29) is 17.8 Å². The van der Waals surface area contributed by atoms with Crippen LogP contribution in [0.1, 0.15) is 5.69 Å². The summed E-state index contributed by atoms with van der Waals surface area (Å²) in [5.74, 6) is -1.42. The number of carboxylic acid groups (broad SMARTS) is 1. The molecule has 23 heavy (non-hydrogen) atoms. The molecule has 0 aliphatic rings. The standard InChI is InChI=1S/C12H10N4O7/c17-11(12(18)19)3-7-5-14(6-13-7)9-2-1-8(15(20)21)4-10(9)16(22)23/h1-2,4-6,11,17H,3H2,(H,18,19). The third kappa shape index (κ3) is 3.47. The summed E-state index contributed by atoms with van der Waals surface area (Å²) in [5, 5.41) is 39.7. The molecular formula is C12H10N4O7. The monoisotopic (exact) mass is 322 g/mol. The quantitative estimate of drug-likeness (QED) is 0.579. The fourth-order valence-corrected chi connectivity index (χ4v) is 1.88. The van der Waals surface area contributed by atoms with Crippen LogP contribution in [0, 0.1) is 20.2 Å². The summed E-state index contributed by atoms with van der Waals surface area (Å²) < 4.78 is 1.23. The van der Waals surface area contributed by atoms with Gasteiger partial charge in [0, 0.05) is 18.7 Å². The van der Waals surface area contributed by atoms with Crippen LogP contribution in [-0.2, 0) is 11.2 Å². The Morgan fingerprint density at radius 1 is 1.30 bits per heavy atom. The fraction of sp³-hybridized carbons (Fsp3) is 0.167. The normalized spacial score (nSPS) is 11.9. The number of aliphatic hydroxyl groups excluding tert-OH is 1. The van der Waals surface area contributed by atoms with Crippen molar-refractivity contribution in [2.75, 3.05) is 0 Å². The van der Waals surface area contributed by atoms with Gasteiger partial charge in [0.15, 0.2) is 6.10 Å². The molecule has 1 heterocycles. The van der Waals surface area contributed by atoms with Crippen LogP contribution in [0.15, 0.2) is 30.7 Å². The first-order valence-corrected chi connectivity index (χ1v) is 6.16. The summed E-state index contributed by atoms with van der Waals surface area (Å²) in [7, 11) is 0. The average molecular weight is 322 g/mol. The molecule has 1 aromatic carbocycles. The van der Waals surface area contributed by atoms with Gasteiger partial charge in [-0.25, -0.2) is 9.78 Å². The third-order valence-corrected chi connectivity index (χ3v) is 2.97.